The molecule has 2 aromatic rings. The van der Waals surface area contributed by atoms with Gasteiger partial charge in [0.1, 0.15) is 12.6 Å². The normalized spacial score (nSPS) is 12.4. The van der Waals surface area contributed by atoms with Gasteiger partial charge >= 0.3 is 0 Å². The number of sulfonamides is 1. The highest BCUT2D eigenvalue weighted by Gasteiger charge is 2.32. The van der Waals surface area contributed by atoms with Gasteiger partial charge in [0.2, 0.25) is 21.8 Å². The highest BCUT2D eigenvalue weighted by Crippen LogP contribution is 2.27. The Kier molecular flexibility index (Phi) is 10.3. The minimum Gasteiger partial charge on any atom is -0.352 e. The number of amides is 2. The summed E-state index contributed by atoms with van der Waals surface area (Å²) in [4.78, 5) is 28.0. The summed E-state index contributed by atoms with van der Waals surface area (Å²) in [7, 11) is -3.84. The second-order valence-electron chi connectivity index (χ2n) is 8.55. The second-order valence-corrected chi connectivity index (χ2v) is 11.7. The molecule has 2 rings (SSSR count). The molecule has 35 heavy (non-hydrogen) atoms. The zero-order valence-corrected chi connectivity index (χ0v) is 23.4. The Labute approximate surface area is 222 Å². The van der Waals surface area contributed by atoms with Crippen LogP contribution in [-0.2, 0) is 26.2 Å². The Hall–Kier alpha value is -2.00. The number of nitrogens with one attached hydrogen (secondary N) is 1. The lowest BCUT2D eigenvalue weighted by Crippen LogP contribution is -2.53. The van der Waals surface area contributed by atoms with Crippen LogP contribution < -0.4 is 9.62 Å². The van der Waals surface area contributed by atoms with Crippen LogP contribution in [0.15, 0.2) is 36.4 Å². The lowest BCUT2D eigenvalue weighted by molar-refractivity contribution is -0.140. The number of aryl methyl sites for hydroxylation is 1. The summed E-state index contributed by atoms with van der Waals surface area (Å²) in [5.74, 6) is -0.893. The van der Waals surface area contributed by atoms with Crippen molar-refractivity contribution >= 4 is 62.3 Å². The fraction of sp³-hybridized carbons (Fsp3) is 0.417. The lowest BCUT2D eigenvalue weighted by atomic mass is 10.1. The molecule has 192 valence electrons. The van der Waals surface area contributed by atoms with Crippen molar-refractivity contribution in [3.63, 3.8) is 0 Å². The van der Waals surface area contributed by atoms with Crippen LogP contribution in [-0.4, -0.2) is 50.0 Å². The maximum absolute atomic E-state index is 13.7. The molecule has 2 aromatic carbocycles. The average Bonchev–Trinajstić information content (AvgIpc) is 2.72. The molecule has 0 aliphatic carbocycles. The topological polar surface area (TPSA) is 86.8 Å². The third-order valence-corrected chi connectivity index (χ3v) is 7.23. The van der Waals surface area contributed by atoms with Crippen LogP contribution >= 0.6 is 34.8 Å². The molecule has 7 nitrogen and oxygen atoms in total. The second kappa shape index (κ2) is 12.3. The molecule has 0 heterocycles. The van der Waals surface area contributed by atoms with Crippen LogP contribution in [0.3, 0.4) is 0 Å². The van der Waals surface area contributed by atoms with Gasteiger partial charge in [0.05, 0.1) is 11.9 Å². The van der Waals surface area contributed by atoms with Gasteiger partial charge < -0.3 is 10.2 Å². The standard InChI is InChI=1S/C24H30Cl3N3O4S/c1-6-21(24(32)28-15(2)3)29(13-17-7-8-19(26)12-20(17)27)23(31)14-30(35(5,33)34)22-10-9-18(25)11-16(22)4/h7-12,15,21H,6,13-14H2,1-5H3,(H,28,32)/t21-/m0/s1. The summed E-state index contributed by atoms with van der Waals surface area (Å²) in [6.45, 7) is 6.63. The molecule has 0 spiro atoms. The highest BCUT2D eigenvalue weighted by molar-refractivity contribution is 7.92. The molecule has 0 saturated heterocycles. The molecule has 2 amide bonds. The van der Waals surface area contributed by atoms with Crippen molar-refractivity contribution < 1.29 is 18.0 Å². The molecule has 0 unspecified atom stereocenters. The van der Waals surface area contributed by atoms with E-state index in [1.807, 2.05) is 13.8 Å². The van der Waals surface area contributed by atoms with E-state index in [9.17, 15) is 18.0 Å². The maximum Gasteiger partial charge on any atom is 0.244 e. The fourth-order valence-electron chi connectivity index (χ4n) is 3.63. The molecule has 11 heteroatoms. The summed E-state index contributed by atoms with van der Waals surface area (Å²) in [6.07, 6.45) is 1.34. The third kappa shape index (κ3) is 8.00. The molecule has 0 aromatic heterocycles. The predicted octanol–water partition coefficient (Wildman–Crippen LogP) is 5.05. The first-order chi connectivity index (χ1) is 16.2. The van der Waals surface area contributed by atoms with Crippen LogP contribution in [0, 0.1) is 6.92 Å². The van der Waals surface area contributed by atoms with Gasteiger partial charge in [-0.25, -0.2) is 8.42 Å². The minimum absolute atomic E-state index is 0.00391. The van der Waals surface area contributed by atoms with Gasteiger partial charge in [0.25, 0.3) is 0 Å². The molecule has 1 atom stereocenters. The molecule has 0 radical (unpaired) electrons. The van der Waals surface area contributed by atoms with E-state index in [2.05, 4.69) is 5.32 Å². The van der Waals surface area contributed by atoms with E-state index < -0.39 is 28.5 Å². The van der Waals surface area contributed by atoms with Gasteiger partial charge in [-0.3, -0.25) is 13.9 Å². The number of carbonyl (C=O) groups excluding carboxylic acids is 2. The number of benzene rings is 2. The Morgan fingerprint density at radius 2 is 1.63 bits per heavy atom. The first-order valence-corrected chi connectivity index (χ1v) is 14.0. The maximum atomic E-state index is 13.7. The van der Waals surface area contributed by atoms with E-state index in [1.54, 1.807) is 50.2 Å². The number of rotatable bonds is 10. The van der Waals surface area contributed by atoms with Crippen molar-refractivity contribution in [2.24, 2.45) is 0 Å². The smallest absolute Gasteiger partial charge is 0.244 e. The molecule has 0 aliphatic heterocycles. The van der Waals surface area contributed by atoms with Gasteiger partial charge in [0.15, 0.2) is 0 Å². The van der Waals surface area contributed by atoms with Crippen LogP contribution in [0.25, 0.3) is 0 Å². The van der Waals surface area contributed by atoms with E-state index in [0.29, 0.717) is 38.3 Å². The van der Waals surface area contributed by atoms with E-state index in [-0.39, 0.29) is 18.5 Å². The highest BCUT2D eigenvalue weighted by atomic mass is 35.5. The van der Waals surface area contributed by atoms with Crippen LogP contribution in [0.2, 0.25) is 15.1 Å². The Morgan fingerprint density at radius 1 is 1.03 bits per heavy atom. The van der Waals surface area contributed by atoms with Crippen molar-refractivity contribution in [1.82, 2.24) is 10.2 Å². The Morgan fingerprint density at radius 3 is 2.14 bits per heavy atom. The SMILES string of the molecule is CC[C@@H](C(=O)NC(C)C)N(Cc1ccc(Cl)cc1Cl)C(=O)CN(c1ccc(Cl)cc1C)S(C)(=O)=O. The van der Waals surface area contributed by atoms with Crippen LogP contribution in [0.1, 0.15) is 38.3 Å². The summed E-state index contributed by atoms with van der Waals surface area (Å²) in [5, 5.41) is 4.05. The monoisotopic (exact) mass is 561 g/mol. The van der Waals surface area contributed by atoms with E-state index >= 15 is 0 Å². The molecule has 0 aliphatic rings. The van der Waals surface area contributed by atoms with Gasteiger partial charge in [-0.15, -0.1) is 0 Å². The number of hydrogen-bond acceptors (Lipinski definition) is 4. The molecule has 0 bridgehead atoms. The molecule has 0 saturated carbocycles. The zero-order valence-electron chi connectivity index (χ0n) is 20.3. The summed E-state index contributed by atoms with van der Waals surface area (Å²) in [6, 6.07) is 8.61. The van der Waals surface area contributed by atoms with Crippen molar-refractivity contribution in [1.29, 1.82) is 0 Å². The summed E-state index contributed by atoms with van der Waals surface area (Å²) >= 11 is 18.4. The zero-order chi connectivity index (χ0) is 26.5. The fourth-order valence-corrected chi connectivity index (χ4v) is 5.23. The number of halogens is 3. The van der Waals surface area contributed by atoms with Crippen molar-refractivity contribution in [3.8, 4) is 0 Å². The van der Waals surface area contributed by atoms with Crippen LogP contribution in [0.5, 0.6) is 0 Å². The number of anilines is 1. The van der Waals surface area contributed by atoms with Gasteiger partial charge in [-0.05, 0) is 68.7 Å². The quantitative estimate of drug-likeness (QED) is 0.439. The molecule has 1 N–H and O–H groups in total. The molecule has 0 fully saturated rings. The summed E-state index contributed by atoms with van der Waals surface area (Å²) < 4.78 is 26.4. The number of hydrogen-bond donors (Lipinski definition) is 1. The Balaban J connectivity index is 2.51. The predicted molar refractivity (Wildman–Crippen MR) is 143 cm³/mol. The molecular weight excluding hydrogens is 533 g/mol. The first-order valence-electron chi connectivity index (χ1n) is 11.0. The van der Waals surface area contributed by atoms with E-state index in [4.69, 9.17) is 34.8 Å². The van der Waals surface area contributed by atoms with Gasteiger partial charge in [-0.1, -0.05) is 47.8 Å². The van der Waals surface area contributed by atoms with Crippen LogP contribution in [0.4, 0.5) is 5.69 Å². The number of carbonyl (C=O) groups is 2. The van der Waals surface area contributed by atoms with E-state index in [0.717, 1.165) is 10.6 Å². The third-order valence-electron chi connectivity index (χ3n) is 5.28. The molecular formula is C24H30Cl3N3O4S. The van der Waals surface area contributed by atoms with E-state index in [1.165, 1.54) is 4.90 Å². The lowest BCUT2D eigenvalue weighted by Gasteiger charge is -2.33. The summed E-state index contributed by atoms with van der Waals surface area (Å²) in [5.41, 5.74) is 1.50. The number of nitrogens with zero attached hydrogens (tertiary/aromatic N) is 2. The van der Waals surface area contributed by atoms with Crippen molar-refractivity contribution in [2.75, 3.05) is 17.1 Å². The minimum atomic E-state index is -3.84. The Bertz CT molecular complexity index is 1190. The first kappa shape index (κ1) is 29.2. The largest absolute Gasteiger partial charge is 0.352 e. The average molecular weight is 563 g/mol. The van der Waals surface area contributed by atoms with Crippen molar-refractivity contribution in [3.05, 3.63) is 62.6 Å². The van der Waals surface area contributed by atoms with Gasteiger partial charge in [0, 0.05) is 27.7 Å². The van der Waals surface area contributed by atoms with Crippen molar-refractivity contribution in [2.45, 2.75) is 52.7 Å². The van der Waals surface area contributed by atoms with Gasteiger partial charge in [-0.2, -0.15) is 0 Å².